The highest BCUT2D eigenvalue weighted by Gasteiger charge is 2.14. The number of benzene rings is 1. The van der Waals surface area contributed by atoms with E-state index in [-0.39, 0.29) is 11.5 Å². The van der Waals surface area contributed by atoms with Gasteiger partial charge in [-0.3, -0.25) is 14.2 Å². The van der Waals surface area contributed by atoms with Gasteiger partial charge < -0.3 is 10.1 Å². The summed E-state index contributed by atoms with van der Waals surface area (Å²) >= 11 is 0. The van der Waals surface area contributed by atoms with E-state index in [1.54, 1.807) is 20.8 Å². The molecule has 0 saturated heterocycles. The molecule has 1 heterocycles. The van der Waals surface area contributed by atoms with Gasteiger partial charge in [-0.05, 0) is 45.4 Å². The highest BCUT2D eigenvalue weighted by atomic mass is 16.5. The Morgan fingerprint density at radius 3 is 2.79 bits per heavy atom. The van der Waals surface area contributed by atoms with Crippen molar-refractivity contribution in [3.8, 4) is 5.75 Å². The Morgan fingerprint density at radius 1 is 1.33 bits per heavy atom. The van der Waals surface area contributed by atoms with E-state index in [1.807, 2.05) is 31.2 Å². The number of rotatable bonds is 6. The third kappa shape index (κ3) is 4.44. The highest BCUT2D eigenvalue weighted by Crippen LogP contribution is 2.14. The molecule has 0 aliphatic rings. The van der Waals surface area contributed by atoms with Crippen LogP contribution < -0.4 is 15.6 Å². The summed E-state index contributed by atoms with van der Waals surface area (Å²) < 4.78 is 7.12. The molecular weight excluding hydrogens is 306 g/mol. The largest absolute Gasteiger partial charge is 0.481 e. The number of nitrogens with one attached hydrogen (secondary N) is 1. The lowest BCUT2D eigenvalue weighted by Gasteiger charge is -2.15. The van der Waals surface area contributed by atoms with E-state index >= 15 is 0 Å². The number of carbonyl (C=O) groups is 1. The zero-order chi connectivity index (χ0) is 17.7. The lowest BCUT2D eigenvalue weighted by Crippen LogP contribution is -2.39. The van der Waals surface area contributed by atoms with E-state index in [2.05, 4.69) is 10.3 Å². The molecule has 1 unspecified atom stereocenters. The van der Waals surface area contributed by atoms with Crippen LogP contribution in [0.5, 0.6) is 5.75 Å². The van der Waals surface area contributed by atoms with Crippen LogP contribution in [-0.4, -0.2) is 28.1 Å². The van der Waals surface area contributed by atoms with Gasteiger partial charge in [-0.1, -0.05) is 12.1 Å². The topological polar surface area (TPSA) is 73.2 Å². The third-order valence-corrected chi connectivity index (χ3v) is 3.84. The Bertz CT molecular complexity index is 783. The van der Waals surface area contributed by atoms with Crippen LogP contribution in [0.15, 0.2) is 35.4 Å². The van der Waals surface area contributed by atoms with Crippen molar-refractivity contribution in [1.29, 1.82) is 0 Å². The van der Waals surface area contributed by atoms with Crippen LogP contribution >= 0.6 is 0 Å². The van der Waals surface area contributed by atoms with Crippen LogP contribution in [0.3, 0.4) is 0 Å². The normalized spacial score (nSPS) is 11.8. The Labute approximate surface area is 141 Å². The molecule has 0 saturated carbocycles. The van der Waals surface area contributed by atoms with Crippen molar-refractivity contribution < 1.29 is 9.53 Å². The summed E-state index contributed by atoms with van der Waals surface area (Å²) in [6.07, 6.45) is 0.894. The minimum Gasteiger partial charge on any atom is -0.481 e. The number of aromatic nitrogens is 2. The number of aryl methyl sites for hydroxylation is 2. The molecule has 0 bridgehead atoms. The molecule has 1 N–H and O–H groups in total. The molecule has 128 valence electrons. The second-order valence-corrected chi connectivity index (χ2v) is 5.82. The minimum atomic E-state index is -0.610. The molecule has 1 atom stereocenters. The molecule has 0 aliphatic carbocycles. The first-order chi connectivity index (χ1) is 11.4. The third-order valence-electron chi connectivity index (χ3n) is 3.84. The fourth-order valence-corrected chi connectivity index (χ4v) is 2.22. The molecule has 1 amide bonds. The zero-order valence-corrected chi connectivity index (χ0v) is 14.5. The average Bonchev–Trinajstić information content (AvgIpc) is 2.54. The van der Waals surface area contributed by atoms with Crippen LogP contribution in [0.2, 0.25) is 0 Å². The average molecular weight is 329 g/mol. The molecule has 6 heteroatoms. The smallest absolute Gasteiger partial charge is 0.260 e. The summed E-state index contributed by atoms with van der Waals surface area (Å²) in [4.78, 5) is 28.3. The van der Waals surface area contributed by atoms with Gasteiger partial charge >= 0.3 is 0 Å². The molecule has 2 rings (SSSR count). The van der Waals surface area contributed by atoms with Crippen LogP contribution in [0.25, 0.3) is 0 Å². The minimum absolute atomic E-state index is 0.0826. The summed E-state index contributed by atoms with van der Waals surface area (Å²) in [6.45, 7) is 7.92. The van der Waals surface area contributed by atoms with Crippen molar-refractivity contribution in [3.05, 3.63) is 57.8 Å². The maximum absolute atomic E-state index is 12.1. The van der Waals surface area contributed by atoms with Crippen LogP contribution in [-0.2, 0) is 11.3 Å². The van der Waals surface area contributed by atoms with Crippen LogP contribution in [0.1, 0.15) is 23.7 Å². The van der Waals surface area contributed by atoms with Gasteiger partial charge in [-0.15, -0.1) is 0 Å². The number of nitrogens with zero attached hydrogens (tertiary/aromatic N) is 2. The predicted octanol–water partition coefficient (Wildman–Crippen LogP) is 1.75. The van der Waals surface area contributed by atoms with E-state index in [0.717, 1.165) is 11.3 Å². The van der Waals surface area contributed by atoms with E-state index in [0.29, 0.717) is 24.4 Å². The quantitative estimate of drug-likeness (QED) is 0.876. The van der Waals surface area contributed by atoms with Crippen LogP contribution in [0.4, 0.5) is 0 Å². The lowest BCUT2D eigenvalue weighted by molar-refractivity contribution is -0.127. The maximum Gasteiger partial charge on any atom is 0.260 e. The highest BCUT2D eigenvalue weighted by molar-refractivity contribution is 5.80. The molecule has 0 spiro atoms. The molecule has 2 aromatic rings. The summed E-state index contributed by atoms with van der Waals surface area (Å²) in [7, 11) is 0. The Hall–Kier alpha value is -2.63. The maximum atomic E-state index is 12.1. The van der Waals surface area contributed by atoms with E-state index in [4.69, 9.17) is 4.74 Å². The monoisotopic (exact) mass is 329 g/mol. The Balaban J connectivity index is 1.87. The van der Waals surface area contributed by atoms with Crippen molar-refractivity contribution in [2.75, 3.05) is 6.54 Å². The number of ether oxygens (including phenoxy) is 1. The molecule has 0 radical (unpaired) electrons. The van der Waals surface area contributed by atoms with Gasteiger partial charge in [0.15, 0.2) is 6.10 Å². The van der Waals surface area contributed by atoms with Gasteiger partial charge in [0.2, 0.25) is 0 Å². The lowest BCUT2D eigenvalue weighted by atomic mass is 10.2. The van der Waals surface area contributed by atoms with Gasteiger partial charge in [0.25, 0.3) is 11.5 Å². The van der Waals surface area contributed by atoms with Crippen molar-refractivity contribution in [3.63, 3.8) is 0 Å². The molecule has 24 heavy (non-hydrogen) atoms. The fraction of sp³-hybridized carbons (Fsp3) is 0.389. The molecule has 0 aliphatic heterocycles. The summed E-state index contributed by atoms with van der Waals surface area (Å²) in [5.41, 5.74) is 2.34. The van der Waals surface area contributed by atoms with Gasteiger partial charge in [0.1, 0.15) is 5.75 Å². The number of hydrogen-bond acceptors (Lipinski definition) is 4. The standard InChI is InChI=1S/C18H23N3O3/c1-12-6-5-7-16(10-12)24-15(4)17(22)19-8-9-21-11-20-14(3)13(2)18(21)23/h5-7,10-11,15H,8-9H2,1-4H3,(H,19,22). The Morgan fingerprint density at radius 2 is 2.08 bits per heavy atom. The second kappa shape index (κ2) is 7.77. The first-order valence-corrected chi connectivity index (χ1v) is 7.92. The first kappa shape index (κ1) is 17.7. The predicted molar refractivity (Wildman–Crippen MR) is 92.2 cm³/mol. The summed E-state index contributed by atoms with van der Waals surface area (Å²) in [6, 6.07) is 7.54. The van der Waals surface area contributed by atoms with Crippen molar-refractivity contribution in [2.45, 2.75) is 40.3 Å². The SMILES string of the molecule is Cc1cccc(OC(C)C(=O)NCCn2cnc(C)c(C)c2=O)c1. The van der Waals surface area contributed by atoms with Crippen molar-refractivity contribution in [2.24, 2.45) is 0 Å². The number of hydrogen-bond donors (Lipinski definition) is 1. The van der Waals surface area contributed by atoms with E-state index < -0.39 is 6.10 Å². The molecule has 0 fully saturated rings. The van der Waals surface area contributed by atoms with Crippen molar-refractivity contribution in [1.82, 2.24) is 14.9 Å². The molecule has 6 nitrogen and oxygen atoms in total. The van der Waals surface area contributed by atoms with Gasteiger partial charge in [-0.25, -0.2) is 4.98 Å². The fourth-order valence-electron chi connectivity index (χ4n) is 2.22. The van der Waals surface area contributed by atoms with Gasteiger partial charge in [0, 0.05) is 24.3 Å². The molecular formula is C18H23N3O3. The summed E-state index contributed by atoms with van der Waals surface area (Å²) in [5, 5.41) is 2.78. The van der Waals surface area contributed by atoms with Crippen molar-refractivity contribution >= 4 is 5.91 Å². The molecule has 1 aromatic carbocycles. The summed E-state index contributed by atoms with van der Waals surface area (Å²) in [5.74, 6) is 0.438. The van der Waals surface area contributed by atoms with Crippen LogP contribution in [0, 0.1) is 20.8 Å². The second-order valence-electron chi connectivity index (χ2n) is 5.82. The first-order valence-electron chi connectivity index (χ1n) is 7.92. The van der Waals surface area contributed by atoms with E-state index in [1.165, 1.54) is 10.9 Å². The van der Waals surface area contributed by atoms with E-state index in [9.17, 15) is 9.59 Å². The molecule has 1 aromatic heterocycles. The zero-order valence-electron chi connectivity index (χ0n) is 14.5. The van der Waals surface area contributed by atoms with Gasteiger partial charge in [-0.2, -0.15) is 0 Å². The Kier molecular flexibility index (Phi) is 5.73. The number of amides is 1. The van der Waals surface area contributed by atoms with Gasteiger partial charge in [0.05, 0.1) is 6.33 Å². The number of carbonyl (C=O) groups excluding carboxylic acids is 1.